The molecule has 0 aliphatic heterocycles. The molecule has 4 nitrogen and oxygen atoms in total. The Labute approximate surface area is 235 Å². The van der Waals surface area contributed by atoms with Crippen LogP contribution in [0.25, 0.3) is 0 Å². The molecule has 39 heavy (non-hydrogen) atoms. The van der Waals surface area contributed by atoms with Crippen LogP contribution in [0.4, 0.5) is 0 Å². The van der Waals surface area contributed by atoms with Crippen molar-refractivity contribution in [2.45, 2.75) is 51.8 Å². The zero-order valence-electron chi connectivity index (χ0n) is 23.6. The molecule has 0 spiro atoms. The molecule has 4 aromatic rings. The average molecular weight is 579 g/mol. The van der Waals surface area contributed by atoms with E-state index >= 15 is 0 Å². The Kier molecular flexibility index (Phi) is 8.76. The van der Waals surface area contributed by atoms with Crippen molar-refractivity contribution in [2.24, 2.45) is 0 Å². The second kappa shape index (κ2) is 12.0. The number of carbonyl (C=O) groups is 2. The first-order valence-corrected chi connectivity index (χ1v) is 18.1. The Morgan fingerprint density at radius 1 is 0.692 bits per heavy atom. The van der Waals surface area contributed by atoms with Gasteiger partial charge in [0.25, 0.3) is 0 Å². The fourth-order valence-electron chi connectivity index (χ4n) is 5.33. The summed E-state index contributed by atoms with van der Waals surface area (Å²) >= 11 is -3.26. The molecule has 0 atom stereocenters. The zero-order chi connectivity index (χ0) is 28.0. The molecule has 0 radical (unpaired) electrons. The van der Waals surface area contributed by atoms with E-state index in [-0.39, 0.29) is 11.8 Å². The molecule has 1 N–H and O–H groups in total. The summed E-state index contributed by atoms with van der Waals surface area (Å²) in [7, 11) is 0. The maximum atomic E-state index is 13.6. The van der Waals surface area contributed by atoms with Gasteiger partial charge < -0.3 is 0 Å². The van der Waals surface area contributed by atoms with Crippen LogP contribution in [-0.4, -0.2) is 35.6 Å². The Morgan fingerprint density at radius 3 is 1.49 bits per heavy atom. The molecule has 0 aromatic heterocycles. The number of hydrogen-bond acceptors (Lipinski definition) is 2. The normalized spacial score (nSPS) is 11.6. The Morgan fingerprint density at radius 2 is 1.10 bits per heavy atom. The number of benzene rings is 4. The van der Waals surface area contributed by atoms with Crippen LogP contribution in [0.3, 0.4) is 0 Å². The van der Waals surface area contributed by atoms with E-state index in [1.807, 2.05) is 71.0 Å². The van der Waals surface area contributed by atoms with E-state index in [9.17, 15) is 9.59 Å². The standard InChI is InChI=1S/C34H38GeN2O2/c1-26-23-27(2)25-28(24-26)33(39)37(34(3,4)5)36-32(38)21-22-35(29-15-9-6-10-16-29,30-17-11-7-12-18-30)31-19-13-8-14-20-31/h6-20,23-25H,21-22H2,1-5H3,(H,36,38). The van der Waals surface area contributed by atoms with Crippen molar-refractivity contribution in [3.63, 3.8) is 0 Å². The Bertz CT molecular complexity index is 1300. The van der Waals surface area contributed by atoms with Crippen LogP contribution in [0.2, 0.25) is 5.25 Å². The van der Waals surface area contributed by atoms with E-state index in [2.05, 4.69) is 78.2 Å². The van der Waals surface area contributed by atoms with Crippen molar-refractivity contribution in [1.29, 1.82) is 0 Å². The van der Waals surface area contributed by atoms with E-state index in [0.717, 1.165) is 16.4 Å². The third-order valence-corrected chi connectivity index (χ3v) is 17.5. The molecule has 4 rings (SSSR count). The van der Waals surface area contributed by atoms with Crippen molar-refractivity contribution in [1.82, 2.24) is 10.4 Å². The second-order valence-electron chi connectivity index (χ2n) is 11.2. The molecule has 0 saturated heterocycles. The van der Waals surface area contributed by atoms with Crippen molar-refractivity contribution in [2.75, 3.05) is 0 Å². The van der Waals surface area contributed by atoms with Gasteiger partial charge in [0.05, 0.1) is 0 Å². The topological polar surface area (TPSA) is 49.4 Å². The Balaban J connectivity index is 1.68. The molecule has 200 valence electrons. The first-order chi connectivity index (χ1) is 18.6. The maximum absolute atomic E-state index is 13.6. The zero-order valence-corrected chi connectivity index (χ0v) is 25.7. The van der Waals surface area contributed by atoms with Gasteiger partial charge in [0.2, 0.25) is 0 Å². The first-order valence-electron chi connectivity index (χ1n) is 13.5. The van der Waals surface area contributed by atoms with Crippen LogP contribution >= 0.6 is 0 Å². The fraction of sp³-hybridized carbons (Fsp3) is 0.235. The molecule has 0 fully saturated rings. The van der Waals surface area contributed by atoms with Gasteiger partial charge in [-0.25, -0.2) is 0 Å². The second-order valence-corrected chi connectivity index (χ2v) is 19.7. The number of carbonyl (C=O) groups excluding carboxylic acids is 2. The van der Waals surface area contributed by atoms with Crippen molar-refractivity contribution >= 4 is 38.3 Å². The van der Waals surface area contributed by atoms with Crippen molar-refractivity contribution < 1.29 is 9.59 Å². The molecule has 0 aliphatic carbocycles. The van der Waals surface area contributed by atoms with E-state index < -0.39 is 18.8 Å². The molecule has 0 bridgehead atoms. The quantitative estimate of drug-likeness (QED) is 0.244. The van der Waals surface area contributed by atoms with Crippen LogP contribution in [0.5, 0.6) is 0 Å². The number of nitrogens with one attached hydrogen (secondary N) is 1. The SMILES string of the molecule is Cc1cc(C)cc(C(=O)N(NC(=O)C[CH2][Ge]([c]2ccccc2)([c]2ccccc2)[c]2ccccc2)C(C)(C)C)c1. The molecule has 2 amide bonds. The van der Waals surface area contributed by atoms with Gasteiger partial charge in [-0.1, -0.05) is 0 Å². The third kappa shape index (κ3) is 6.51. The molecule has 4 aromatic carbocycles. The summed E-state index contributed by atoms with van der Waals surface area (Å²) in [5.74, 6) is -0.356. The van der Waals surface area contributed by atoms with E-state index in [0.29, 0.717) is 12.0 Å². The minimum atomic E-state index is -3.26. The molecule has 0 unspecified atom stereocenters. The fourth-order valence-corrected chi connectivity index (χ4v) is 15.3. The summed E-state index contributed by atoms with van der Waals surface area (Å²) in [6, 6.07) is 37.7. The number of nitrogens with zero attached hydrogens (tertiary/aromatic N) is 1. The van der Waals surface area contributed by atoms with Crippen molar-refractivity contribution in [3.05, 3.63) is 126 Å². The molecule has 0 saturated carbocycles. The van der Waals surface area contributed by atoms with Gasteiger partial charge in [0, 0.05) is 0 Å². The van der Waals surface area contributed by atoms with Crippen LogP contribution in [0.15, 0.2) is 109 Å². The summed E-state index contributed by atoms with van der Waals surface area (Å²) in [6.07, 6.45) is 0.311. The van der Waals surface area contributed by atoms with Crippen LogP contribution in [0, 0.1) is 13.8 Å². The number of hydrazine groups is 1. The van der Waals surface area contributed by atoms with Crippen molar-refractivity contribution in [3.8, 4) is 0 Å². The van der Waals surface area contributed by atoms with E-state index in [1.54, 1.807) is 0 Å². The molecular weight excluding hydrogens is 541 g/mol. The predicted molar refractivity (Wildman–Crippen MR) is 163 cm³/mol. The number of hydrogen-bond donors (Lipinski definition) is 1. The summed E-state index contributed by atoms with van der Waals surface area (Å²) in [5, 5.41) is 2.21. The summed E-state index contributed by atoms with van der Waals surface area (Å²) in [6.45, 7) is 9.77. The monoisotopic (exact) mass is 580 g/mol. The molecule has 0 heterocycles. The van der Waals surface area contributed by atoms with Gasteiger partial charge in [0.15, 0.2) is 0 Å². The molecule has 5 heteroatoms. The average Bonchev–Trinajstić information content (AvgIpc) is 2.92. The van der Waals surface area contributed by atoms with Crippen LogP contribution in [0.1, 0.15) is 48.7 Å². The van der Waals surface area contributed by atoms with Gasteiger partial charge in [-0.2, -0.15) is 0 Å². The first kappa shape index (κ1) is 28.4. The van der Waals surface area contributed by atoms with E-state index in [4.69, 9.17) is 0 Å². The third-order valence-electron chi connectivity index (χ3n) is 7.11. The van der Waals surface area contributed by atoms with Gasteiger partial charge in [0.1, 0.15) is 0 Å². The van der Waals surface area contributed by atoms with Gasteiger partial charge in [-0.3, -0.25) is 0 Å². The predicted octanol–water partition coefficient (Wildman–Crippen LogP) is 5.14. The van der Waals surface area contributed by atoms with E-state index in [1.165, 1.54) is 18.2 Å². The number of aryl methyl sites for hydroxylation is 2. The summed E-state index contributed by atoms with van der Waals surface area (Å²) < 4.78 is 3.92. The number of amides is 2. The van der Waals surface area contributed by atoms with Gasteiger partial charge in [-0.05, 0) is 0 Å². The summed E-state index contributed by atoms with van der Waals surface area (Å²) in [4.78, 5) is 27.3. The minimum absolute atomic E-state index is 0.152. The van der Waals surface area contributed by atoms with Gasteiger partial charge in [-0.15, -0.1) is 0 Å². The molecular formula is C34H38GeN2O2. The summed E-state index contributed by atoms with van der Waals surface area (Å²) in [5.41, 5.74) is 5.01. The van der Waals surface area contributed by atoms with Crippen LogP contribution < -0.4 is 18.6 Å². The van der Waals surface area contributed by atoms with Gasteiger partial charge >= 0.3 is 236 Å². The Hall–Kier alpha value is -3.64. The molecule has 0 aliphatic rings. The number of rotatable bonds is 7. The van der Waals surface area contributed by atoms with Crippen LogP contribution in [-0.2, 0) is 4.79 Å².